The minimum atomic E-state index is -0.501. The van der Waals surface area contributed by atoms with E-state index in [1.54, 1.807) is 19.1 Å². The number of rotatable bonds is 7. The van der Waals surface area contributed by atoms with Crippen LogP contribution in [0.4, 0.5) is 5.82 Å². The standard InChI is InChI=1S/C21H17ClN4O3S/c1-13-11-17(25-28-13)23-21(27)19(14-7-3-2-4-8-14)30-12-18-24-20(26-29-18)15-9-5-6-10-16(15)22/h2-11,19H,12H2,1H3,(H,23,25,27)/t19-/m1/s1. The molecule has 0 unspecified atom stereocenters. The Bertz CT molecular complexity index is 1150. The van der Waals surface area contributed by atoms with Gasteiger partial charge in [-0.1, -0.05) is 64.4 Å². The number of benzene rings is 2. The summed E-state index contributed by atoms with van der Waals surface area (Å²) in [4.78, 5) is 17.3. The molecule has 0 aliphatic rings. The second-order valence-corrected chi connectivity index (χ2v) is 7.91. The van der Waals surface area contributed by atoms with Crippen LogP contribution >= 0.6 is 23.4 Å². The van der Waals surface area contributed by atoms with Crippen LogP contribution in [0.5, 0.6) is 0 Å². The molecule has 0 aliphatic carbocycles. The van der Waals surface area contributed by atoms with Gasteiger partial charge in [-0.2, -0.15) is 4.98 Å². The van der Waals surface area contributed by atoms with E-state index >= 15 is 0 Å². The van der Waals surface area contributed by atoms with Crippen LogP contribution in [-0.4, -0.2) is 21.2 Å². The summed E-state index contributed by atoms with van der Waals surface area (Å²) < 4.78 is 10.4. The second kappa shape index (κ2) is 9.15. The third-order valence-corrected chi connectivity index (χ3v) is 5.74. The number of anilines is 1. The zero-order valence-electron chi connectivity index (χ0n) is 15.9. The highest BCUT2D eigenvalue weighted by atomic mass is 35.5. The third kappa shape index (κ3) is 4.72. The van der Waals surface area contributed by atoms with Gasteiger partial charge in [-0.3, -0.25) is 4.79 Å². The molecule has 1 atom stereocenters. The van der Waals surface area contributed by atoms with Crippen LogP contribution in [0.25, 0.3) is 11.4 Å². The van der Waals surface area contributed by atoms with E-state index in [-0.39, 0.29) is 5.91 Å². The van der Waals surface area contributed by atoms with Crippen LogP contribution in [-0.2, 0) is 10.5 Å². The van der Waals surface area contributed by atoms with E-state index in [0.29, 0.717) is 39.6 Å². The van der Waals surface area contributed by atoms with E-state index < -0.39 is 5.25 Å². The SMILES string of the molecule is Cc1cc(NC(=O)[C@H](SCc2nc(-c3ccccc3Cl)no2)c2ccccc2)no1. The van der Waals surface area contributed by atoms with Gasteiger partial charge in [0.2, 0.25) is 17.6 Å². The van der Waals surface area contributed by atoms with Gasteiger partial charge >= 0.3 is 0 Å². The maximum absolute atomic E-state index is 12.9. The fraction of sp³-hybridized carbons (Fsp3) is 0.143. The predicted octanol–water partition coefficient (Wildman–Crippen LogP) is 5.30. The fourth-order valence-corrected chi connectivity index (χ4v) is 3.99. The van der Waals surface area contributed by atoms with Crippen molar-refractivity contribution in [2.75, 3.05) is 5.32 Å². The van der Waals surface area contributed by atoms with E-state index in [1.807, 2.05) is 48.5 Å². The molecule has 0 bridgehead atoms. The second-order valence-electron chi connectivity index (χ2n) is 6.41. The van der Waals surface area contributed by atoms with Gasteiger partial charge < -0.3 is 14.4 Å². The number of halogens is 1. The number of carbonyl (C=O) groups excluding carboxylic acids is 1. The lowest BCUT2D eigenvalue weighted by molar-refractivity contribution is -0.115. The molecule has 2 aromatic carbocycles. The minimum absolute atomic E-state index is 0.217. The summed E-state index contributed by atoms with van der Waals surface area (Å²) in [7, 11) is 0. The topological polar surface area (TPSA) is 94.1 Å². The van der Waals surface area contributed by atoms with Crippen molar-refractivity contribution in [3.05, 3.63) is 82.9 Å². The van der Waals surface area contributed by atoms with Gasteiger partial charge in [0.15, 0.2) is 5.82 Å². The predicted molar refractivity (Wildman–Crippen MR) is 115 cm³/mol. The Morgan fingerprint density at radius 3 is 2.60 bits per heavy atom. The summed E-state index contributed by atoms with van der Waals surface area (Å²) in [6, 6.07) is 18.4. The summed E-state index contributed by atoms with van der Waals surface area (Å²) in [5.74, 6) is 1.94. The van der Waals surface area contributed by atoms with Gasteiger partial charge in [0.05, 0.1) is 10.8 Å². The van der Waals surface area contributed by atoms with Gasteiger partial charge in [0.1, 0.15) is 11.0 Å². The summed E-state index contributed by atoms with van der Waals surface area (Å²) >= 11 is 7.58. The van der Waals surface area contributed by atoms with Crippen molar-refractivity contribution < 1.29 is 13.8 Å². The highest BCUT2D eigenvalue weighted by molar-refractivity contribution is 7.99. The zero-order chi connectivity index (χ0) is 20.9. The largest absolute Gasteiger partial charge is 0.360 e. The van der Waals surface area contributed by atoms with Gasteiger partial charge in [0.25, 0.3) is 0 Å². The number of aryl methyl sites for hydroxylation is 1. The van der Waals surface area contributed by atoms with Crippen LogP contribution in [0.1, 0.15) is 22.5 Å². The Kier molecular flexibility index (Phi) is 6.15. The number of hydrogen-bond donors (Lipinski definition) is 1. The first kappa shape index (κ1) is 20.2. The van der Waals surface area contributed by atoms with Gasteiger partial charge in [-0.15, -0.1) is 11.8 Å². The molecule has 2 aromatic heterocycles. The Morgan fingerprint density at radius 2 is 1.87 bits per heavy atom. The van der Waals surface area contributed by atoms with E-state index in [1.165, 1.54) is 11.8 Å². The van der Waals surface area contributed by atoms with Crippen molar-refractivity contribution in [3.63, 3.8) is 0 Å². The summed E-state index contributed by atoms with van der Waals surface area (Å²) in [5.41, 5.74) is 1.55. The van der Waals surface area contributed by atoms with Crippen LogP contribution in [0, 0.1) is 6.92 Å². The highest BCUT2D eigenvalue weighted by Crippen LogP contribution is 2.33. The molecular formula is C21H17ClN4O3S. The maximum atomic E-state index is 12.9. The molecule has 7 nitrogen and oxygen atoms in total. The molecule has 1 amide bonds. The monoisotopic (exact) mass is 440 g/mol. The molecule has 2 heterocycles. The molecule has 0 radical (unpaired) electrons. The molecule has 0 fully saturated rings. The van der Waals surface area contributed by atoms with Gasteiger partial charge in [0, 0.05) is 11.6 Å². The molecule has 4 aromatic rings. The number of hydrogen-bond acceptors (Lipinski definition) is 7. The molecule has 0 saturated carbocycles. The van der Waals surface area contributed by atoms with Crippen LogP contribution in [0.15, 0.2) is 69.7 Å². The van der Waals surface area contributed by atoms with Crippen molar-refractivity contribution in [1.82, 2.24) is 15.3 Å². The van der Waals surface area contributed by atoms with E-state index in [2.05, 4.69) is 20.6 Å². The highest BCUT2D eigenvalue weighted by Gasteiger charge is 2.24. The lowest BCUT2D eigenvalue weighted by Gasteiger charge is -2.15. The fourth-order valence-electron chi connectivity index (χ4n) is 2.79. The summed E-state index contributed by atoms with van der Waals surface area (Å²) in [6.07, 6.45) is 0. The first-order chi connectivity index (χ1) is 14.6. The number of carbonyl (C=O) groups is 1. The van der Waals surface area contributed by atoms with E-state index in [0.717, 1.165) is 5.56 Å². The average molecular weight is 441 g/mol. The lowest BCUT2D eigenvalue weighted by Crippen LogP contribution is -2.19. The molecule has 152 valence electrons. The van der Waals surface area contributed by atoms with Crippen molar-refractivity contribution in [1.29, 1.82) is 0 Å². The lowest BCUT2D eigenvalue weighted by atomic mass is 10.1. The number of nitrogens with zero attached hydrogens (tertiary/aromatic N) is 3. The number of thioether (sulfide) groups is 1. The zero-order valence-corrected chi connectivity index (χ0v) is 17.5. The molecule has 0 spiro atoms. The molecule has 4 rings (SSSR count). The number of nitrogens with one attached hydrogen (secondary N) is 1. The van der Waals surface area contributed by atoms with Crippen LogP contribution in [0.2, 0.25) is 5.02 Å². The number of aromatic nitrogens is 3. The average Bonchev–Trinajstić information content (AvgIpc) is 3.38. The Hall–Kier alpha value is -3.10. The first-order valence-electron chi connectivity index (χ1n) is 9.08. The normalized spacial score (nSPS) is 11.9. The van der Waals surface area contributed by atoms with E-state index in [4.69, 9.17) is 20.6 Å². The van der Waals surface area contributed by atoms with Gasteiger partial charge in [-0.25, -0.2) is 0 Å². The molecule has 9 heteroatoms. The summed E-state index contributed by atoms with van der Waals surface area (Å²) in [6.45, 7) is 1.76. The van der Waals surface area contributed by atoms with E-state index in [9.17, 15) is 4.79 Å². The molecule has 1 N–H and O–H groups in total. The molecule has 0 aliphatic heterocycles. The van der Waals surface area contributed by atoms with Crippen molar-refractivity contribution in [2.24, 2.45) is 0 Å². The quantitative estimate of drug-likeness (QED) is 0.416. The van der Waals surface area contributed by atoms with Crippen LogP contribution < -0.4 is 5.32 Å². The van der Waals surface area contributed by atoms with Crippen molar-refractivity contribution in [3.8, 4) is 11.4 Å². The third-order valence-electron chi connectivity index (χ3n) is 4.18. The molecule has 30 heavy (non-hydrogen) atoms. The Labute approximate surface area is 181 Å². The smallest absolute Gasteiger partial charge is 0.243 e. The van der Waals surface area contributed by atoms with Crippen molar-refractivity contribution in [2.45, 2.75) is 17.9 Å². The Balaban J connectivity index is 1.50. The summed E-state index contributed by atoms with van der Waals surface area (Å²) in [5, 5.41) is 10.7. The molecule has 0 saturated heterocycles. The number of amides is 1. The van der Waals surface area contributed by atoms with Gasteiger partial charge in [-0.05, 0) is 24.6 Å². The minimum Gasteiger partial charge on any atom is -0.360 e. The Morgan fingerprint density at radius 1 is 1.10 bits per heavy atom. The molecular weight excluding hydrogens is 424 g/mol. The van der Waals surface area contributed by atoms with Crippen molar-refractivity contribution >= 4 is 35.1 Å². The van der Waals surface area contributed by atoms with Crippen LogP contribution in [0.3, 0.4) is 0 Å². The maximum Gasteiger partial charge on any atom is 0.243 e. The first-order valence-corrected chi connectivity index (χ1v) is 10.5.